The number of nitrogens with zero attached hydrogens (tertiary/aromatic N) is 3. The fourth-order valence-electron chi connectivity index (χ4n) is 1.75. The highest BCUT2D eigenvalue weighted by molar-refractivity contribution is 8.17. The van der Waals surface area contributed by atoms with E-state index in [0.717, 1.165) is 16.3 Å². The van der Waals surface area contributed by atoms with Crippen molar-refractivity contribution in [1.29, 1.82) is 0 Å². The van der Waals surface area contributed by atoms with Crippen LogP contribution in [0.2, 0.25) is 0 Å². The molecule has 0 aromatic carbocycles. The van der Waals surface area contributed by atoms with E-state index in [0.29, 0.717) is 10.6 Å². The van der Waals surface area contributed by atoms with Crippen LogP contribution in [0.5, 0.6) is 0 Å². The number of aryl methyl sites for hydroxylation is 1. The maximum Gasteiger partial charge on any atom is 0.256 e. The fourth-order valence-corrected chi connectivity index (χ4v) is 2.46. The Bertz CT molecular complexity index is 713. The zero-order valence-corrected chi connectivity index (χ0v) is 13.2. The Kier molecular flexibility index (Phi) is 5.43. The van der Waals surface area contributed by atoms with Gasteiger partial charge in [0.25, 0.3) is 5.91 Å². The molecule has 0 fully saturated rings. The second-order valence-electron chi connectivity index (χ2n) is 4.44. The minimum atomic E-state index is -0.218. The first kappa shape index (κ1) is 15.9. The highest BCUT2D eigenvalue weighted by Gasteiger charge is 2.11. The Hall–Kier alpha value is -2.47. The molecule has 6 heteroatoms. The topological polar surface area (TPSA) is 67.2 Å². The van der Waals surface area contributed by atoms with Crippen LogP contribution in [0.3, 0.4) is 0 Å². The van der Waals surface area contributed by atoms with Gasteiger partial charge >= 0.3 is 0 Å². The molecule has 0 aliphatic carbocycles. The molecule has 0 saturated heterocycles. The number of carbonyl (C=O) groups excluding carboxylic acids is 1. The highest BCUT2D eigenvalue weighted by Crippen LogP contribution is 2.19. The number of rotatable bonds is 4. The summed E-state index contributed by atoms with van der Waals surface area (Å²) in [5.41, 5.74) is 2.22. The molecule has 0 saturated carbocycles. The predicted octanol–water partition coefficient (Wildman–Crippen LogP) is 2.80. The molecule has 22 heavy (non-hydrogen) atoms. The first-order valence-corrected chi connectivity index (χ1v) is 7.39. The third kappa shape index (κ3) is 4.26. The van der Waals surface area contributed by atoms with Gasteiger partial charge in [0.15, 0.2) is 0 Å². The van der Waals surface area contributed by atoms with Gasteiger partial charge in [-0.15, -0.1) is 0 Å². The Balaban J connectivity index is 2.02. The van der Waals surface area contributed by atoms with Crippen molar-refractivity contribution in [2.24, 2.45) is 4.99 Å². The number of aromatic nitrogens is 2. The summed E-state index contributed by atoms with van der Waals surface area (Å²) in [4.78, 5) is 24.5. The second kappa shape index (κ2) is 7.51. The number of nitrogens with one attached hydrogen (secondary N) is 1. The van der Waals surface area contributed by atoms with Crippen LogP contribution in [0.1, 0.15) is 21.6 Å². The summed E-state index contributed by atoms with van der Waals surface area (Å²) in [5, 5.41) is 4.00. The molecule has 0 aliphatic heterocycles. The molecule has 1 N–H and O–H groups in total. The van der Waals surface area contributed by atoms with Crippen molar-refractivity contribution in [2.75, 3.05) is 7.05 Å². The molecular weight excluding hydrogens is 296 g/mol. The highest BCUT2D eigenvalue weighted by atomic mass is 32.2. The van der Waals surface area contributed by atoms with Crippen LogP contribution in [0, 0.1) is 6.92 Å². The van der Waals surface area contributed by atoms with Crippen LogP contribution in [0.4, 0.5) is 0 Å². The molecule has 2 aromatic heterocycles. The number of aliphatic imine (C=N–C) groups is 1. The van der Waals surface area contributed by atoms with E-state index in [-0.39, 0.29) is 5.91 Å². The molecule has 2 heterocycles. The van der Waals surface area contributed by atoms with Gasteiger partial charge < -0.3 is 5.32 Å². The van der Waals surface area contributed by atoms with Crippen LogP contribution >= 0.6 is 11.8 Å². The molecule has 2 aromatic rings. The fraction of sp³-hybridized carbons (Fsp3) is 0.125. The lowest BCUT2D eigenvalue weighted by molar-refractivity contribution is 0.0969. The zero-order chi connectivity index (χ0) is 15.9. The zero-order valence-electron chi connectivity index (χ0n) is 12.4. The summed E-state index contributed by atoms with van der Waals surface area (Å²) < 4.78 is 0. The SMILES string of the molecule is C=C(NC(=O)c1ccnc(C)c1)SC(=NC)c1cccnc1. The third-order valence-corrected chi connectivity index (χ3v) is 3.70. The minimum absolute atomic E-state index is 0.218. The maximum atomic E-state index is 12.1. The van der Waals surface area contributed by atoms with Gasteiger partial charge in [-0.3, -0.25) is 19.8 Å². The summed E-state index contributed by atoms with van der Waals surface area (Å²) in [6, 6.07) is 7.13. The Morgan fingerprint density at radius 2 is 2.14 bits per heavy atom. The molecule has 2 rings (SSSR count). The van der Waals surface area contributed by atoms with Gasteiger partial charge in [0, 0.05) is 42.5 Å². The molecule has 1 amide bonds. The summed E-state index contributed by atoms with van der Waals surface area (Å²) >= 11 is 1.29. The van der Waals surface area contributed by atoms with Gasteiger partial charge in [-0.2, -0.15) is 0 Å². The summed E-state index contributed by atoms with van der Waals surface area (Å²) in [5.74, 6) is -0.218. The summed E-state index contributed by atoms with van der Waals surface area (Å²) in [6.07, 6.45) is 5.02. The lowest BCUT2D eigenvalue weighted by atomic mass is 10.2. The summed E-state index contributed by atoms with van der Waals surface area (Å²) in [7, 11) is 1.69. The lowest BCUT2D eigenvalue weighted by Crippen LogP contribution is -2.21. The second-order valence-corrected chi connectivity index (χ2v) is 5.52. The molecule has 0 spiro atoms. The lowest BCUT2D eigenvalue weighted by Gasteiger charge is -2.10. The van der Waals surface area contributed by atoms with E-state index in [1.165, 1.54) is 11.8 Å². The summed E-state index contributed by atoms with van der Waals surface area (Å²) in [6.45, 7) is 5.71. The Morgan fingerprint density at radius 3 is 2.77 bits per heavy atom. The first-order valence-electron chi connectivity index (χ1n) is 6.58. The van der Waals surface area contributed by atoms with Crippen molar-refractivity contribution in [3.63, 3.8) is 0 Å². The van der Waals surface area contributed by atoms with Gasteiger partial charge in [-0.1, -0.05) is 18.3 Å². The average molecular weight is 312 g/mol. The molecule has 0 unspecified atom stereocenters. The van der Waals surface area contributed by atoms with E-state index in [9.17, 15) is 4.79 Å². The van der Waals surface area contributed by atoms with Crippen LogP contribution in [0.25, 0.3) is 0 Å². The van der Waals surface area contributed by atoms with Gasteiger partial charge in [0.05, 0.1) is 5.03 Å². The van der Waals surface area contributed by atoms with Gasteiger partial charge in [-0.25, -0.2) is 0 Å². The first-order chi connectivity index (χ1) is 10.6. The van der Waals surface area contributed by atoms with E-state index in [4.69, 9.17) is 0 Å². The van der Waals surface area contributed by atoms with E-state index < -0.39 is 0 Å². The number of hydrogen-bond acceptors (Lipinski definition) is 5. The third-order valence-electron chi connectivity index (χ3n) is 2.74. The molecular formula is C16H16N4OS. The van der Waals surface area contributed by atoms with Crippen molar-refractivity contribution < 1.29 is 4.79 Å². The van der Waals surface area contributed by atoms with Crippen molar-refractivity contribution in [2.45, 2.75) is 6.92 Å². The standard InChI is InChI=1S/C16H16N4OS/c1-11-9-13(6-8-19-11)15(21)20-12(2)22-16(17-3)14-5-4-7-18-10-14/h4-10H,2H2,1,3H3,(H,20,21). The van der Waals surface area contributed by atoms with Crippen LogP contribution in [-0.2, 0) is 0 Å². The molecule has 0 atom stereocenters. The monoisotopic (exact) mass is 312 g/mol. The van der Waals surface area contributed by atoms with Crippen LogP contribution < -0.4 is 5.32 Å². The number of amides is 1. The largest absolute Gasteiger partial charge is 0.317 e. The molecule has 0 bridgehead atoms. The van der Waals surface area contributed by atoms with E-state index in [2.05, 4.69) is 26.9 Å². The minimum Gasteiger partial charge on any atom is -0.317 e. The van der Waals surface area contributed by atoms with Gasteiger partial charge in [-0.05, 0) is 31.2 Å². The quantitative estimate of drug-likeness (QED) is 0.696. The van der Waals surface area contributed by atoms with Crippen molar-refractivity contribution in [1.82, 2.24) is 15.3 Å². The number of thioether (sulfide) groups is 1. The van der Waals surface area contributed by atoms with Crippen molar-refractivity contribution in [3.05, 3.63) is 71.3 Å². The van der Waals surface area contributed by atoms with Gasteiger partial charge in [0.1, 0.15) is 5.04 Å². The van der Waals surface area contributed by atoms with Gasteiger partial charge in [0.2, 0.25) is 0 Å². The normalized spacial score (nSPS) is 11.1. The number of carbonyl (C=O) groups is 1. The predicted molar refractivity (Wildman–Crippen MR) is 89.9 cm³/mol. The molecule has 0 aliphatic rings. The molecule has 112 valence electrons. The Labute approximate surface area is 133 Å². The molecule has 5 nitrogen and oxygen atoms in total. The van der Waals surface area contributed by atoms with Crippen molar-refractivity contribution in [3.8, 4) is 0 Å². The number of pyridine rings is 2. The van der Waals surface area contributed by atoms with Crippen LogP contribution in [-0.4, -0.2) is 28.0 Å². The smallest absolute Gasteiger partial charge is 0.256 e. The maximum absolute atomic E-state index is 12.1. The molecule has 0 radical (unpaired) electrons. The van der Waals surface area contributed by atoms with Crippen molar-refractivity contribution >= 4 is 22.7 Å². The average Bonchev–Trinajstić information content (AvgIpc) is 2.53. The Morgan fingerprint density at radius 1 is 1.32 bits per heavy atom. The van der Waals surface area contributed by atoms with E-state index in [1.807, 2.05) is 19.1 Å². The van der Waals surface area contributed by atoms with Crippen LogP contribution in [0.15, 0.2) is 59.5 Å². The van der Waals surface area contributed by atoms with E-state index in [1.54, 1.807) is 37.8 Å². The van der Waals surface area contributed by atoms with E-state index >= 15 is 0 Å². The number of hydrogen-bond donors (Lipinski definition) is 1.